The van der Waals surface area contributed by atoms with E-state index < -0.39 is 60.1 Å². The molecule has 2 rings (SSSR count). The van der Waals surface area contributed by atoms with Crippen LogP contribution in [0.2, 0.25) is 0 Å². The van der Waals surface area contributed by atoms with Gasteiger partial charge in [-0.2, -0.15) is 0 Å². The Hall–Kier alpha value is -3.84. The van der Waals surface area contributed by atoms with E-state index in [2.05, 4.69) is 5.32 Å². The SMILES string of the molecule is CC[C@H](C)C(=O)N(C)[C@H](C(=O)C[C@H](C(=O)N(C)[C@@H]([C@@H](C)CC)[C@@H](CC(=O)N1CCC[C@H]1[C@H](OC)[C@@H](C)C(=O)N[C@@H](Cc1ccccc1)C(=O)O)OC)C(C)C)C(C)C. The summed E-state index contributed by atoms with van der Waals surface area (Å²) < 4.78 is 11.9. The third-order valence-electron chi connectivity index (χ3n) is 12.5. The van der Waals surface area contributed by atoms with Crippen molar-refractivity contribution in [2.45, 2.75) is 144 Å². The number of carbonyl (C=O) groups is 6. The lowest BCUT2D eigenvalue weighted by molar-refractivity contribution is -0.150. The summed E-state index contributed by atoms with van der Waals surface area (Å²) in [6.45, 7) is 17.6. The molecular weight excluding hydrogens is 741 g/mol. The smallest absolute Gasteiger partial charge is 0.326 e. The van der Waals surface area contributed by atoms with Crippen LogP contribution in [0.15, 0.2) is 30.3 Å². The first-order chi connectivity index (χ1) is 27.3. The number of aliphatic carboxylic acids is 1. The Morgan fingerprint density at radius 1 is 0.845 bits per heavy atom. The van der Waals surface area contributed by atoms with Crippen LogP contribution >= 0.6 is 0 Å². The van der Waals surface area contributed by atoms with Crippen molar-refractivity contribution in [3.8, 4) is 0 Å². The fourth-order valence-electron chi connectivity index (χ4n) is 8.56. The standard InChI is InChI=1S/C45H74N4O9/c1-14-29(7)40(48(11)44(54)33(27(3)4)25-36(50)39(28(5)6)47(10)43(53)30(8)15-2)37(57-12)26-38(51)49-23-19-22-35(49)41(58-13)31(9)42(52)46-34(45(55)56)24-32-20-17-16-18-21-32/h16-18,20-21,27-31,33-35,37,39-41H,14-15,19,22-26H2,1-13H3,(H,46,52)(H,55,56)/t29-,30-,31+,33-,34-,35-,37+,39-,40-,41+/m0/s1. The van der Waals surface area contributed by atoms with Crippen molar-refractivity contribution in [1.29, 1.82) is 0 Å². The number of nitrogens with one attached hydrogen (secondary N) is 1. The first kappa shape index (κ1) is 50.3. The molecule has 4 amide bonds. The molecule has 1 aliphatic heterocycles. The molecule has 1 aliphatic rings. The van der Waals surface area contributed by atoms with Crippen LogP contribution in [0.1, 0.15) is 106 Å². The van der Waals surface area contributed by atoms with Crippen LogP contribution in [0.3, 0.4) is 0 Å². The highest BCUT2D eigenvalue weighted by Gasteiger charge is 2.44. The summed E-state index contributed by atoms with van der Waals surface area (Å²) >= 11 is 0. The van der Waals surface area contributed by atoms with Gasteiger partial charge in [0.05, 0.1) is 42.7 Å². The van der Waals surface area contributed by atoms with E-state index in [1.165, 1.54) is 14.2 Å². The molecule has 0 unspecified atom stereocenters. The van der Waals surface area contributed by atoms with Gasteiger partial charge < -0.3 is 34.6 Å². The molecular formula is C45H74N4O9. The van der Waals surface area contributed by atoms with E-state index in [-0.39, 0.29) is 66.4 Å². The molecule has 1 fully saturated rings. The number of hydrogen-bond donors (Lipinski definition) is 2. The fraction of sp³-hybridized carbons (Fsp3) is 0.733. The molecule has 0 spiro atoms. The fourth-order valence-corrected chi connectivity index (χ4v) is 8.56. The lowest BCUT2D eigenvalue weighted by Crippen LogP contribution is -2.55. The van der Waals surface area contributed by atoms with E-state index >= 15 is 0 Å². The van der Waals surface area contributed by atoms with Gasteiger partial charge in [-0.05, 0) is 42.6 Å². The molecule has 10 atom stereocenters. The predicted octanol–water partition coefficient (Wildman–Crippen LogP) is 5.48. The zero-order valence-electron chi connectivity index (χ0n) is 37.5. The van der Waals surface area contributed by atoms with Crippen molar-refractivity contribution in [3.63, 3.8) is 0 Å². The number of carboxylic acids is 1. The normalized spacial score (nSPS) is 19.0. The van der Waals surface area contributed by atoms with E-state index in [1.807, 2.05) is 85.7 Å². The Balaban J connectivity index is 2.30. The number of nitrogens with zero attached hydrogens (tertiary/aromatic N) is 3. The number of benzene rings is 1. The Bertz CT molecular complexity index is 1500. The molecule has 1 aromatic carbocycles. The van der Waals surface area contributed by atoms with Crippen LogP contribution in [0.4, 0.5) is 0 Å². The lowest BCUT2D eigenvalue weighted by Gasteiger charge is -2.41. The molecule has 328 valence electrons. The minimum atomic E-state index is -1.15. The Labute approximate surface area is 347 Å². The average molecular weight is 815 g/mol. The van der Waals surface area contributed by atoms with Crippen LogP contribution in [0.5, 0.6) is 0 Å². The highest BCUT2D eigenvalue weighted by Crippen LogP contribution is 2.31. The van der Waals surface area contributed by atoms with Crippen molar-refractivity contribution >= 4 is 35.4 Å². The number of likely N-dealkylation sites (tertiary alicyclic amines) is 1. The second kappa shape index (κ2) is 23.7. The van der Waals surface area contributed by atoms with Gasteiger partial charge in [0.15, 0.2) is 5.78 Å². The first-order valence-corrected chi connectivity index (χ1v) is 21.3. The van der Waals surface area contributed by atoms with Crippen LogP contribution in [0.25, 0.3) is 0 Å². The van der Waals surface area contributed by atoms with Gasteiger partial charge in [0.1, 0.15) is 6.04 Å². The highest BCUT2D eigenvalue weighted by molar-refractivity contribution is 5.93. The molecule has 2 N–H and O–H groups in total. The van der Waals surface area contributed by atoms with E-state index in [4.69, 9.17) is 9.47 Å². The quantitative estimate of drug-likeness (QED) is 0.138. The molecule has 13 heteroatoms. The lowest BCUT2D eigenvalue weighted by atomic mass is 9.83. The molecule has 1 saturated heterocycles. The second-order valence-corrected chi connectivity index (χ2v) is 17.1. The van der Waals surface area contributed by atoms with Crippen molar-refractivity contribution in [1.82, 2.24) is 20.0 Å². The summed E-state index contributed by atoms with van der Waals surface area (Å²) in [6.07, 6.45) is 1.34. The van der Waals surface area contributed by atoms with Crippen molar-refractivity contribution in [2.24, 2.45) is 35.5 Å². The van der Waals surface area contributed by atoms with Crippen LogP contribution < -0.4 is 5.32 Å². The molecule has 0 bridgehead atoms. The third kappa shape index (κ3) is 13.1. The van der Waals surface area contributed by atoms with Gasteiger partial charge in [-0.3, -0.25) is 24.0 Å². The van der Waals surface area contributed by atoms with Crippen molar-refractivity contribution in [2.75, 3.05) is 34.9 Å². The van der Waals surface area contributed by atoms with Gasteiger partial charge in [-0.15, -0.1) is 0 Å². The number of rotatable bonds is 24. The summed E-state index contributed by atoms with van der Waals surface area (Å²) in [4.78, 5) is 86.5. The molecule has 0 aromatic heterocycles. The summed E-state index contributed by atoms with van der Waals surface area (Å²) in [7, 11) is 6.42. The number of ketones is 1. The maximum Gasteiger partial charge on any atom is 0.326 e. The zero-order chi connectivity index (χ0) is 44.0. The topological polar surface area (TPSA) is 163 Å². The number of Topliss-reactive ketones (excluding diaryl/α,β-unsaturated/α-hetero) is 1. The van der Waals surface area contributed by atoms with Crippen LogP contribution in [-0.4, -0.2) is 126 Å². The monoisotopic (exact) mass is 815 g/mol. The second-order valence-electron chi connectivity index (χ2n) is 17.1. The largest absolute Gasteiger partial charge is 0.480 e. The van der Waals surface area contributed by atoms with Gasteiger partial charge >= 0.3 is 5.97 Å². The maximum absolute atomic E-state index is 14.5. The molecule has 0 saturated carbocycles. The molecule has 1 aromatic rings. The number of carboxylic acid groups (broad SMARTS) is 1. The number of amides is 4. The summed E-state index contributed by atoms with van der Waals surface area (Å²) in [5.41, 5.74) is 0.778. The number of carbonyl (C=O) groups excluding carboxylic acids is 5. The van der Waals surface area contributed by atoms with E-state index in [0.29, 0.717) is 32.2 Å². The zero-order valence-corrected chi connectivity index (χ0v) is 37.5. The molecule has 0 aliphatic carbocycles. The number of likely N-dealkylation sites (N-methyl/N-ethyl adjacent to an activating group) is 2. The first-order valence-electron chi connectivity index (χ1n) is 21.3. The number of ether oxygens (including phenoxy) is 2. The van der Waals surface area contributed by atoms with Gasteiger partial charge in [-0.1, -0.05) is 99.1 Å². The van der Waals surface area contributed by atoms with Gasteiger partial charge in [0, 0.05) is 59.5 Å². The van der Waals surface area contributed by atoms with Gasteiger partial charge in [0.25, 0.3) is 0 Å². The third-order valence-corrected chi connectivity index (χ3v) is 12.5. The highest BCUT2D eigenvalue weighted by atomic mass is 16.5. The maximum atomic E-state index is 14.5. The van der Waals surface area contributed by atoms with Gasteiger partial charge in [0.2, 0.25) is 23.6 Å². The molecule has 58 heavy (non-hydrogen) atoms. The van der Waals surface area contributed by atoms with Gasteiger partial charge in [-0.25, -0.2) is 4.79 Å². The van der Waals surface area contributed by atoms with Crippen LogP contribution in [0, 0.1) is 35.5 Å². The van der Waals surface area contributed by atoms with Crippen molar-refractivity contribution in [3.05, 3.63) is 35.9 Å². The van der Waals surface area contributed by atoms with E-state index in [0.717, 1.165) is 5.56 Å². The molecule has 0 radical (unpaired) electrons. The summed E-state index contributed by atoms with van der Waals surface area (Å²) in [5, 5.41) is 12.6. The van der Waals surface area contributed by atoms with Crippen LogP contribution in [-0.2, 0) is 44.7 Å². The average Bonchev–Trinajstić information content (AvgIpc) is 3.68. The summed E-state index contributed by atoms with van der Waals surface area (Å²) in [5.74, 6) is -4.33. The Kier molecular flexibility index (Phi) is 20.5. The number of methoxy groups -OCH3 is 2. The van der Waals surface area contributed by atoms with E-state index in [9.17, 15) is 33.9 Å². The molecule has 13 nitrogen and oxygen atoms in total. The number of hydrogen-bond acceptors (Lipinski definition) is 8. The predicted molar refractivity (Wildman–Crippen MR) is 225 cm³/mol. The molecule has 1 heterocycles. The Morgan fingerprint density at radius 2 is 1.47 bits per heavy atom. The Morgan fingerprint density at radius 3 is 1.97 bits per heavy atom. The minimum Gasteiger partial charge on any atom is -0.480 e. The summed E-state index contributed by atoms with van der Waals surface area (Å²) in [6, 6.07) is 6.34. The minimum absolute atomic E-state index is 0.0231. The van der Waals surface area contributed by atoms with E-state index in [1.54, 1.807) is 35.7 Å². The van der Waals surface area contributed by atoms with Crippen molar-refractivity contribution < 1.29 is 43.3 Å².